The Hall–Kier alpha value is -2.17. The topological polar surface area (TPSA) is 77.3 Å². The smallest absolute Gasteiger partial charge is 0.248 e. The van der Waals surface area contributed by atoms with Gasteiger partial charge < -0.3 is 20.2 Å². The first kappa shape index (κ1) is 10.4. The van der Waals surface area contributed by atoms with Crippen LogP contribution in [0.2, 0.25) is 0 Å². The van der Waals surface area contributed by atoms with E-state index in [-0.39, 0.29) is 5.56 Å². The molecular weight excluding hydrogens is 208 g/mol. The van der Waals surface area contributed by atoms with Crippen LogP contribution in [0.4, 0.5) is 5.69 Å². The Labute approximate surface area is 91.8 Å². The molecule has 0 aliphatic rings. The minimum Gasteiger partial charge on any atom is -0.494 e. The van der Waals surface area contributed by atoms with E-state index < -0.39 is 0 Å². The highest BCUT2D eigenvalue weighted by molar-refractivity contribution is 5.92. The monoisotopic (exact) mass is 220 g/mol. The average Bonchev–Trinajstić information content (AvgIpc) is 2.28. The number of pyridine rings is 1. The summed E-state index contributed by atoms with van der Waals surface area (Å²) in [5.74, 6) is 0.948. The number of hydrogen-bond donors (Lipinski definition) is 2. The second-order valence-corrected chi connectivity index (χ2v) is 3.31. The van der Waals surface area contributed by atoms with Crippen molar-refractivity contribution < 1.29 is 9.47 Å². The molecule has 2 rings (SSSR count). The minimum absolute atomic E-state index is 0.199. The van der Waals surface area contributed by atoms with Crippen LogP contribution in [0.25, 0.3) is 10.9 Å². The van der Waals surface area contributed by atoms with E-state index in [2.05, 4.69) is 4.98 Å². The van der Waals surface area contributed by atoms with E-state index in [1.54, 1.807) is 12.1 Å². The summed E-state index contributed by atoms with van der Waals surface area (Å²) in [5.41, 5.74) is 6.60. The molecule has 0 unspecified atom stereocenters. The lowest BCUT2D eigenvalue weighted by Gasteiger charge is -2.12. The molecule has 16 heavy (non-hydrogen) atoms. The summed E-state index contributed by atoms with van der Waals surface area (Å²) in [4.78, 5) is 13.9. The van der Waals surface area contributed by atoms with Crippen LogP contribution in [0.3, 0.4) is 0 Å². The van der Waals surface area contributed by atoms with Gasteiger partial charge in [-0.05, 0) is 12.1 Å². The maximum atomic E-state index is 11.2. The van der Waals surface area contributed by atoms with Gasteiger partial charge in [0.1, 0.15) is 11.4 Å². The normalized spacial score (nSPS) is 10.4. The predicted octanol–water partition coefficient (Wildman–Crippen LogP) is 1.13. The molecule has 1 heterocycles. The lowest BCUT2D eigenvalue weighted by molar-refractivity contribution is 0.401. The fourth-order valence-corrected chi connectivity index (χ4v) is 1.64. The lowest BCUT2D eigenvalue weighted by atomic mass is 10.1. The Morgan fingerprint density at radius 2 is 2.00 bits per heavy atom. The van der Waals surface area contributed by atoms with Crippen molar-refractivity contribution >= 4 is 16.6 Å². The number of rotatable bonds is 2. The van der Waals surface area contributed by atoms with Crippen molar-refractivity contribution in [1.82, 2.24) is 4.98 Å². The quantitative estimate of drug-likeness (QED) is 0.744. The van der Waals surface area contributed by atoms with Gasteiger partial charge in [-0.3, -0.25) is 4.79 Å². The number of nitrogen functional groups attached to an aromatic ring is 1. The molecular formula is C11H12N2O3. The molecule has 3 N–H and O–H groups in total. The first-order valence-electron chi connectivity index (χ1n) is 4.71. The van der Waals surface area contributed by atoms with Crippen LogP contribution < -0.4 is 20.8 Å². The zero-order valence-corrected chi connectivity index (χ0v) is 9.03. The summed E-state index contributed by atoms with van der Waals surface area (Å²) in [6, 6.07) is 4.89. The van der Waals surface area contributed by atoms with Gasteiger partial charge in [-0.15, -0.1) is 0 Å². The van der Waals surface area contributed by atoms with Gasteiger partial charge in [-0.2, -0.15) is 0 Å². The highest BCUT2D eigenvalue weighted by Gasteiger charge is 2.12. The average molecular weight is 220 g/mol. The molecule has 1 aromatic carbocycles. The molecule has 2 aromatic rings. The molecule has 0 radical (unpaired) electrons. The van der Waals surface area contributed by atoms with Gasteiger partial charge in [0.15, 0.2) is 5.75 Å². The Kier molecular flexibility index (Phi) is 2.44. The molecule has 0 bridgehead atoms. The van der Waals surface area contributed by atoms with E-state index >= 15 is 0 Å². The van der Waals surface area contributed by atoms with Crippen molar-refractivity contribution in [3.8, 4) is 11.5 Å². The van der Waals surface area contributed by atoms with Crippen LogP contribution in [-0.4, -0.2) is 19.2 Å². The number of anilines is 1. The van der Waals surface area contributed by atoms with Crippen LogP contribution in [0.5, 0.6) is 11.5 Å². The molecule has 84 valence electrons. The number of fused-ring (bicyclic) bond motifs is 1. The van der Waals surface area contributed by atoms with Gasteiger partial charge >= 0.3 is 0 Å². The molecule has 0 amide bonds. The van der Waals surface area contributed by atoms with Gasteiger partial charge in [0, 0.05) is 11.5 Å². The molecule has 0 fully saturated rings. The number of aromatic amines is 1. The Balaban J connectivity index is 2.90. The summed E-state index contributed by atoms with van der Waals surface area (Å²) in [6.07, 6.45) is 0. The van der Waals surface area contributed by atoms with Crippen molar-refractivity contribution in [1.29, 1.82) is 0 Å². The van der Waals surface area contributed by atoms with Crippen molar-refractivity contribution in [3.63, 3.8) is 0 Å². The zero-order chi connectivity index (χ0) is 11.7. The van der Waals surface area contributed by atoms with Gasteiger partial charge in [0.05, 0.1) is 19.7 Å². The molecule has 0 spiro atoms. The number of aromatic nitrogens is 1. The third-order valence-corrected chi connectivity index (χ3v) is 2.40. The Bertz CT molecular complexity index is 590. The number of hydrogen-bond acceptors (Lipinski definition) is 4. The Morgan fingerprint density at radius 3 is 2.62 bits per heavy atom. The van der Waals surface area contributed by atoms with E-state index in [4.69, 9.17) is 15.2 Å². The van der Waals surface area contributed by atoms with Gasteiger partial charge in [-0.25, -0.2) is 0 Å². The number of nitrogens with two attached hydrogens (primary N) is 1. The number of ether oxygens (including phenoxy) is 2. The standard InChI is InChI=1S/C11H12N2O3/c1-15-7-5-6-3-4-8(14)13-10(6)11(16-2)9(7)12/h3-5H,12H2,1-2H3,(H,13,14). The molecule has 0 saturated heterocycles. The number of nitrogens with one attached hydrogen (secondary N) is 1. The van der Waals surface area contributed by atoms with Crippen molar-refractivity contribution in [3.05, 3.63) is 28.6 Å². The molecule has 5 heteroatoms. The SMILES string of the molecule is COc1cc2ccc(=O)[nH]c2c(OC)c1N. The third kappa shape index (κ3) is 1.46. The van der Waals surface area contributed by atoms with Crippen molar-refractivity contribution in [2.24, 2.45) is 0 Å². The zero-order valence-electron chi connectivity index (χ0n) is 9.03. The minimum atomic E-state index is -0.199. The van der Waals surface area contributed by atoms with E-state index in [1.165, 1.54) is 20.3 Å². The van der Waals surface area contributed by atoms with E-state index in [0.29, 0.717) is 22.7 Å². The van der Waals surface area contributed by atoms with Crippen molar-refractivity contribution in [2.45, 2.75) is 0 Å². The summed E-state index contributed by atoms with van der Waals surface area (Å²) >= 11 is 0. The fraction of sp³-hybridized carbons (Fsp3) is 0.182. The van der Waals surface area contributed by atoms with E-state index in [9.17, 15) is 4.79 Å². The van der Waals surface area contributed by atoms with E-state index in [0.717, 1.165) is 5.39 Å². The summed E-state index contributed by atoms with van der Waals surface area (Å²) in [7, 11) is 3.03. The fourth-order valence-electron chi connectivity index (χ4n) is 1.64. The van der Waals surface area contributed by atoms with Crippen LogP contribution >= 0.6 is 0 Å². The molecule has 0 atom stereocenters. The predicted molar refractivity (Wildman–Crippen MR) is 62.1 cm³/mol. The molecule has 0 aliphatic heterocycles. The Morgan fingerprint density at radius 1 is 1.25 bits per heavy atom. The molecule has 5 nitrogen and oxygen atoms in total. The number of H-pyrrole nitrogens is 1. The highest BCUT2D eigenvalue weighted by Crippen LogP contribution is 2.37. The third-order valence-electron chi connectivity index (χ3n) is 2.40. The maximum Gasteiger partial charge on any atom is 0.248 e. The van der Waals surface area contributed by atoms with Crippen LogP contribution in [0.15, 0.2) is 23.0 Å². The summed E-state index contributed by atoms with van der Waals surface area (Å²) in [6.45, 7) is 0. The maximum absolute atomic E-state index is 11.2. The lowest BCUT2D eigenvalue weighted by Crippen LogP contribution is -2.05. The summed E-state index contributed by atoms with van der Waals surface area (Å²) < 4.78 is 10.3. The second-order valence-electron chi connectivity index (χ2n) is 3.31. The highest BCUT2D eigenvalue weighted by atomic mass is 16.5. The molecule has 0 aliphatic carbocycles. The summed E-state index contributed by atoms with van der Waals surface area (Å²) in [5, 5.41) is 0.808. The van der Waals surface area contributed by atoms with Gasteiger partial charge in [0.25, 0.3) is 0 Å². The number of methoxy groups -OCH3 is 2. The van der Waals surface area contributed by atoms with Crippen LogP contribution in [-0.2, 0) is 0 Å². The van der Waals surface area contributed by atoms with Gasteiger partial charge in [-0.1, -0.05) is 0 Å². The first-order chi connectivity index (χ1) is 7.67. The molecule has 0 saturated carbocycles. The second kappa shape index (κ2) is 3.77. The first-order valence-corrected chi connectivity index (χ1v) is 4.71. The number of benzene rings is 1. The largest absolute Gasteiger partial charge is 0.494 e. The van der Waals surface area contributed by atoms with Crippen molar-refractivity contribution in [2.75, 3.05) is 20.0 Å². The van der Waals surface area contributed by atoms with E-state index in [1.807, 2.05) is 0 Å². The molecule has 1 aromatic heterocycles. The van der Waals surface area contributed by atoms with Crippen LogP contribution in [0, 0.1) is 0 Å². The van der Waals surface area contributed by atoms with Gasteiger partial charge in [0.2, 0.25) is 5.56 Å². The van der Waals surface area contributed by atoms with Crippen LogP contribution in [0.1, 0.15) is 0 Å².